The Kier molecular flexibility index (Phi) is 4.10. The molecule has 0 aliphatic carbocycles. The van der Waals surface area contributed by atoms with Gasteiger partial charge in [-0.1, -0.05) is 12.1 Å². The number of nitrogens with two attached hydrogens (primary N) is 1. The molecule has 1 amide bonds. The van der Waals surface area contributed by atoms with Crippen molar-refractivity contribution in [1.29, 1.82) is 0 Å². The number of nitrogen functional groups attached to an aromatic ring is 1. The van der Waals surface area contributed by atoms with Gasteiger partial charge in [0, 0.05) is 25.8 Å². The highest BCUT2D eigenvalue weighted by molar-refractivity contribution is 5.99. The summed E-state index contributed by atoms with van der Waals surface area (Å²) in [7, 11) is 3.99. The van der Waals surface area contributed by atoms with Crippen molar-refractivity contribution in [2.24, 2.45) is 5.92 Å². The number of hydrogen-bond donors (Lipinski definition) is 1. The fourth-order valence-corrected chi connectivity index (χ4v) is 2.72. The molecule has 1 aliphatic heterocycles. The van der Waals surface area contributed by atoms with Gasteiger partial charge < -0.3 is 15.5 Å². The van der Waals surface area contributed by atoms with E-state index in [9.17, 15) is 4.79 Å². The van der Waals surface area contributed by atoms with Gasteiger partial charge in [0.05, 0.1) is 5.56 Å². The number of carbonyl (C=O) groups is 1. The number of benzene rings is 1. The summed E-state index contributed by atoms with van der Waals surface area (Å²) in [5.41, 5.74) is 8.17. The van der Waals surface area contributed by atoms with E-state index in [1.165, 1.54) is 0 Å². The van der Waals surface area contributed by atoms with Crippen LogP contribution in [0.25, 0.3) is 0 Å². The summed E-state index contributed by atoms with van der Waals surface area (Å²) < 4.78 is 0. The highest BCUT2D eigenvalue weighted by Crippen LogP contribution is 2.20. The van der Waals surface area contributed by atoms with Crippen molar-refractivity contribution in [3.8, 4) is 0 Å². The predicted octanol–water partition coefficient (Wildman–Crippen LogP) is 1.60. The molecule has 4 nitrogen and oxygen atoms in total. The lowest BCUT2D eigenvalue weighted by Crippen LogP contribution is -2.33. The number of nitrogens with zero attached hydrogens (tertiary/aromatic N) is 2. The maximum Gasteiger partial charge on any atom is 0.255 e. The minimum Gasteiger partial charge on any atom is -0.398 e. The van der Waals surface area contributed by atoms with E-state index in [0.29, 0.717) is 17.2 Å². The first-order valence-electron chi connectivity index (χ1n) is 6.78. The summed E-state index contributed by atoms with van der Waals surface area (Å²) in [6, 6.07) is 5.62. The molecule has 1 heterocycles. The number of amides is 1. The summed E-state index contributed by atoms with van der Waals surface area (Å²) in [4.78, 5) is 16.5. The second kappa shape index (κ2) is 5.61. The maximum atomic E-state index is 12.4. The van der Waals surface area contributed by atoms with Crippen LogP contribution in [0, 0.1) is 12.8 Å². The van der Waals surface area contributed by atoms with Crippen molar-refractivity contribution in [2.75, 3.05) is 39.5 Å². The molecule has 1 saturated heterocycles. The molecule has 4 heteroatoms. The van der Waals surface area contributed by atoms with E-state index in [-0.39, 0.29) is 5.91 Å². The van der Waals surface area contributed by atoms with Gasteiger partial charge >= 0.3 is 0 Å². The quantitative estimate of drug-likeness (QED) is 0.841. The van der Waals surface area contributed by atoms with Gasteiger partial charge in [0.25, 0.3) is 5.91 Å². The number of rotatable bonds is 3. The minimum absolute atomic E-state index is 0.0238. The Hall–Kier alpha value is -1.55. The van der Waals surface area contributed by atoms with Gasteiger partial charge in [0.1, 0.15) is 0 Å². The van der Waals surface area contributed by atoms with Gasteiger partial charge in [-0.25, -0.2) is 0 Å². The molecular weight excluding hydrogens is 238 g/mol. The summed E-state index contributed by atoms with van der Waals surface area (Å²) in [6.45, 7) is 4.93. The van der Waals surface area contributed by atoms with E-state index in [0.717, 1.165) is 31.6 Å². The van der Waals surface area contributed by atoms with Crippen LogP contribution in [-0.4, -0.2) is 49.4 Å². The average Bonchev–Trinajstić information content (AvgIpc) is 2.77. The number of hydrogen-bond acceptors (Lipinski definition) is 3. The molecule has 1 aliphatic rings. The molecule has 0 saturated carbocycles. The van der Waals surface area contributed by atoms with Crippen molar-refractivity contribution in [1.82, 2.24) is 9.80 Å². The molecule has 104 valence electrons. The Morgan fingerprint density at radius 1 is 1.53 bits per heavy atom. The standard InChI is InChI=1S/C15H23N3O/c1-11-5-4-6-13(14(11)16)15(19)18(3)10-12-7-8-17(2)9-12/h4-6,12H,7-10,16H2,1-3H3. The molecule has 0 bridgehead atoms. The lowest BCUT2D eigenvalue weighted by molar-refractivity contribution is 0.0775. The number of anilines is 1. The predicted molar refractivity (Wildman–Crippen MR) is 78.2 cm³/mol. The zero-order chi connectivity index (χ0) is 14.0. The van der Waals surface area contributed by atoms with Crippen LogP contribution < -0.4 is 5.73 Å². The molecule has 2 N–H and O–H groups in total. The lowest BCUT2D eigenvalue weighted by Gasteiger charge is -2.22. The van der Waals surface area contributed by atoms with Gasteiger partial charge in [-0.2, -0.15) is 0 Å². The third-order valence-electron chi connectivity index (χ3n) is 3.92. The Bertz CT molecular complexity index is 472. The molecule has 0 spiro atoms. The van der Waals surface area contributed by atoms with Gasteiger partial charge in [-0.05, 0) is 44.5 Å². The van der Waals surface area contributed by atoms with Crippen molar-refractivity contribution >= 4 is 11.6 Å². The summed E-state index contributed by atoms with van der Waals surface area (Å²) in [6.07, 6.45) is 1.16. The molecule has 0 aromatic heterocycles. The normalized spacial score (nSPS) is 19.6. The second-order valence-electron chi connectivity index (χ2n) is 5.64. The molecule has 2 rings (SSSR count). The molecule has 1 aromatic carbocycles. The van der Waals surface area contributed by atoms with Crippen LogP contribution in [0.15, 0.2) is 18.2 Å². The highest BCUT2D eigenvalue weighted by Gasteiger charge is 2.23. The topological polar surface area (TPSA) is 49.6 Å². The zero-order valence-electron chi connectivity index (χ0n) is 12.0. The second-order valence-corrected chi connectivity index (χ2v) is 5.64. The van der Waals surface area contributed by atoms with Crippen LogP contribution in [0.3, 0.4) is 0 Å². The largest absolute Gasteiger partial charge is 0.398 e. The van der Waals surface area contributed by atoms with Crippen LogP contribution >= 0.6 is 0 Å². The Morgan fingerprint density at radius 3 is 2.89 bits per heavy atom. The van der Waals surface area contributed by atoms with Crippen LogP contribution in [-0.2, 0) is 0 Å². The van der Waals surface area contributed by atoms with Gasteiger partial charge in [0.2, 0.25) is 0 Å². The molecule has 0 radical (unpaired) electrons. The Balaban J connectivity index is 2.04. The van der Waals surface area contributed by atoms with Crippen molar-refractivity contribution in [3.05, 3.63) is 29.3 Å². The van der Waals surface area contributed by atoms with E-state index in [4.69, 9.17) is 5.73 Å². The number of aryl methyl sites for hydroxylation is 1. The fraction of sp³-hybridized carbons (Fsp3) is 0.533. The zero-order valence-corrected chi connectivity index (χ0v) is 12.0. The first-order valence-corrected chi connectivity index (χ1v) is 6.78. The van der Waals surface area contributed by atoms with Crippen molar-refractivity contribution in [3.63, 3.8) is 0 Å². The van der Waals surface area contributed by atoms with Crippen LogP contribution in [0.5, 0.6) is 0 Å². The monoisotopic (exact) mass is 261 g/mol. The fourth-order valence-electron chi connectivity index (χ4n) is 2.72. The number of para-hydroxylation sites is 1. The van der Waals surface area contributed by atoms with Gasteiger partial charge in [-0.3, -0.25) is 4.79 Å². The minimum atomic E-state index is 0.0238. The Labute approximate surface area is 115 Å². The molecule has 1 aromatic rings. The third-order valence-corrected chi connectivity index (χ3v) is 3.92. The SMILES string of the molecule is Cc1cccc(C(=O)N(C)CC2CCN(C)C2)c1N. The number of carbonyl (C=O) groups excluding carboxylic acids is 1. The highest BCUT2D eigenvalue weighted by atomic mass is 16.2. The van der Waals surface area contributed by atoms with E-state index >= 15 is 0 Å². The summed E-state index contributed by atoms with van der Waals surface area (Å²) in [5, 5.41) is 0. The first kappa shape index (κ1) is 13.9. The van der Waals surface area contributed by atoms with E-state index in [1.54, 1.807) is 4.90 Å². The molecule has 1 unspecified atom stereocenters. The van der Waals surface area contributed by atoms with Crippen LogP contribution in [0.1, 0.15) is 22.3 Å². The summed E-state index contributed by atoms with van der Waals surface area (Å²) >= 11 is 0. The van der Waals surface area contributed by atoms with Crippen LogP contribution in [0.4, 0.5) is 5.69 Å². The maximum absolute atomic E-state index is 12.4. The molecule has 19 heavy (non-hydrogen) atoms. The van der Waals surface area contributed by atoms with E-state index < -0.39 is 0 Å². The van der Waals surface area contributed by atoms with Gasteiger partial charge in [0.15, 0.2) is 0 Å². The lowest BCUT2D eigenvalue weighted by atomic mass is 10.1. The van der Waals surface area contributed by atoms with E-state index in [2.05, 4.69) is 11.9 Å². The first-order chi connectivity index (χ1) is 8.99. The van der Waals surface area contributed by atoms with Crippen LogP contribution in [0.2, 0.25) is 0 Å². The molecule has 1 fully saturated rings. The Morgan fingerprint density at radius 2 is 2.26 bits per heavy atom. The average molecular weight is 261 g/mol. The van der Waals surface area contributed by atoms with Crippen molar-refractivity contribution in [2.45, 2.75) is 13.3 Å². The summed E-state index contributed by atoms with van der Waals surface area (Å²) in [5.74, 6) is 0.598. The number of likely N-dealkylation sites (tertiary alicyclic amines) is 1. The van der Waals surface area contributed by atoms with E-state index in [1.807, 2.05) is 32.2 Å². The van der Waals surface area contributed by atoms with Crippen molar-refractivity contribution < 1.29 is 4.79 Å². The third kappa shape index (κ3) is 3.07. The smallest absolute Gasteiger partial charge is 0.255 e. The van der Waals surface area contributed by atoms with Gasteiger partial charge in [-0.15, -0.1) is 0 Å². The molecular formula is C15H23N3O. The molecule has 1 atom stereocenters.